The Hall–Kier alpha value is -1.83. The second-order valence-electron chi connectivity index (χ2n) is 4.05. The summed E-state index contributed by atoms with van der Waals surface area (Å²) in [5, 5.41) is 11.1. The van der Waals surface area contributed by atoms with Crippen LogP contribution >= 0.6 is 0 Å². The first-order chi connectivity index (χ1) is 8.88. The van der Waals surface area contributed by atoms with Gasteiger partial charge < -0.3 is 25.0 Å². The van der Waals surface area contributed by atoms with Gasteiger partial charge in [-0.1, -0.05) is 0 Å². The maximum absolute atomic E-state index is 11.8. The van der Waals surface area contributed by atoms with Crippen LogP contribution in [0.2, 0.25) is 0 Å². The minimum absolute atomic E-state index is 0.0834. The summed E-state index contributed by atoms with van der Waals surface area (Å²) in [4.78, 5) is 36.1. The predicted octanol–water partition coefficient (Wildman–Crippen LogP) is -0.793. The molecule has 8 nitrogen and oxygen atoms in total. The lowest BCUT2D eigenvalue weighted by atomic mass is 10.4. The maximum Gasteiger partial charge on any atom is 0.319 e. The fourth-order valence-corrected chi connectivity index (χ4v) is 1.28. The van der Waals surface area contributed by atoms with Crippen molar-refractivity contribution in [3.05, 3.63) is 0 Å². The van der Waals surface area contributed by atoms with E-state index in [1.54, 1.807) is 0 Å². The van der Waals surface area contributed by atoms with Crippen LogP contribution in [0.1, 0.15) is 6.42 Å². The van der Waals surface area contributed by atoms with Gasteiger partial charge in [-0.25, -0.2) is 4.79 Å². The molecule has 2 N–H and O–H groups in total. The van der Waals surface area contributed by atoms with E-state index in [1.807, 2.05) is 0 Å². The SMILES string of the molecule is COCCNC(=O)CN(C)C(=O)N(C)CCC(=O)O. The first kappa shape index (κ1) is 17.2. The molecule has 0 aromatic heterocycles. The lowest BCUT2D eigenvalue weighted by Gasteiger charge is -2.24. The summed E-state index contributed by atoms with van der Waals surface area (Å²) in [7, 11) is 4.50. The molecule has 0 bridgehead atoms. The molecule has 0 aromatic carbocycles. The van der Waals surface area contributed by atoms with Crippen LogP contribution in [-0.2, 0) is 14.3 Å². The van der Waals surface area contributed by atoms with Crippen LogP contribution in [0.4, 0.5) is 4.79 Å². The van der Waals surface area contributed by atoms with E-state index in [0.717, 1.165) is 0 Å². The molecule has 0 saturated heterocycles. The first-order valence-electron chi connectivity index (χ1n) is 5.82. The number of carboxylic acid groups (broad SMARTS) is 1. The standard InChI is InChI=1S/C11H21N3O5/c1-13(6-4-10(16)17)11(18)14(2)8-9(15)12-5-7-19-3/h4-8H2,1-3H3,(H,12,15)(H,16,17). The minimum Gasteiger partial charge on any atom is -0.481 e. The number of ether oxygens (including phenoxy) is 1. The number of carbonyl (C=O) groups excluding carboxylic acids is 2. The maximum atomic E-state index is 11.8. The Bertz CT molecular complexity index is 321. The number of hydrogen-bond donors (Lipinski definition) is 2. The van der Waals surface area contributed by atoms with Crippen molar-refractivity contribution in [3.8, 4) is 0 Å². The molecule has 19 heavy (non-hydrogen) atoms. The fourth-order valence-electron chi connectivity index (χ4n) is 1.28. The second kappa shape index (κ2) is 9.15. The Labute approximate surface area is 112 Å². The molecule has 0 fully saturated rings. The molecule has 0 aromatic rings. The molecule has 0 radical (unpaired) electrons. The number of methoxy groups -OCH3 is 1. The molecule has 0 spiro atoms. The first-order valence-corrected chi connectivity index (χ1v) is 5.82. The van der Waals surface area contributed by atoms with Crippen LogP contribution in [-0.4, -0.2) is 80.3 Å². The van der Waals surface area contributed by atoms with Gasteiger partial charge in [0.2, 0.25) is 5.91 Å². The summed E-state index contributed by atoms with van der Waals surface area (Å²) >= 11 is 0. The summed E-state index contributed by atoms with van der Waals surface area (Å²) in [5.41, 5.74) is 0. The summed E-state index contributed by atoms with van der Waals surface area (Å²) in [6, 6.07) is -0.400. The van der Waals surface area contributed by atoms with Crippen molar-refractivity contribution in [2.75, 3.05) is 47.4 Å². The molecule has 0 heterocycles. The summed E-state index contributed by atoms with van der Waals surface area (Å²) < 4.78 is 4.78. The van der Waals surface area contributed by atoms with Gasteiger partial charge in [0.05, 0.1) is 13.0 Å². The number of amides is 3. The van der Waals surface area contributed by atoms with Gasteiger partial charge in [-0.3, -0.25) is 9.59 Å². The molecular formula is C11H21N3O5. The number of hydrogen-bond acceptors (Lipinski definition) is 4. The third-order valence-electron chi connectivity index (χ3n) is 2.32. The van der Waals surface area contributed by atoms with Crippen LogP contribution in [0.15, 0.2) is 0 Å². The van der Waals surface area contributed by atoms with Crippen LogP contribution in [0.3, 0.4) is 0 Å². The summed E-state index contributed by atoms with van der Waals surface area (Å²) in [6.07, 6.45) is -0.129. The van der Waals surface area contributed by atoms with Crippen LogP contribution in [0.5, 0.6) is 0 Å². The normalized spacial score (nSPS) is 9.84. The molecule has 0 atom stereocenters. The molecule has 0 aliphatic heterocycles. The molecule has 0 unspecified atom stereocenters. The highest BCUT2D eigenvalue weighted by Gasteiger charge is 2.17. The van der Waals surface area contributed by atoms with Crippen molar-refractivity contribution < 1.29 is 24.2 Å². The van der Waals surface area contributed by atoms with Gasteiger partial charge >= 0.3 is 12.0 Å². The number of urea groups is 1. The van der Waals surface area contributed by atoms with E-state index in [1.165, 1.54) is 31.0 Å². The number of nitrogens with one attached hydrogen (secondary N) is 1. The van der Waals surface area contributed by atoms with Crippen molar-refractivity contribution in [2.24, 2.45) is 0 Å². The smallest absolute Gasteiger partial charge is 0.319 e. The number of carbonyl (C=O) groups is 3. The number of aliphatic carboxylic acids is 1. The summed E-state index contributed by atoms with van der Waals surface area (Å²) in [5.74, 6) is -1.26. The lowest BCUT2D eigenvalue weighted by Crippen LogP contribution is -2.45. The van der Waals surface area contributed by atoms with Crippen molar-refractivity contribution in [2.45, 2.75) is 6.42 Å². The largest absolute Gasteiger partial charge is 0.481 e. The number of nitrogens with zero attached hydrogens (tertiary/aromatic N) is 2. The zero-order valence-electron chi connectivity index (χ0n) is 11.5. The van der Waals surface area contributed by atoms with Crippen molar-refractivity contribution >= 4 is 17.9 Å². The van der Waals surface area contributed by atoms with Gasteiger partial charge in [0.15, 0.2) is 0 Å². The fraction of sp³-hybridized carbons (Fsp3) is 0.727. The average Bonchev–Trinajstić information content (AvgIpc) is 2.35. The molecule has 110 valence electrons. The van der Waals surface area contributed by atoms with Gasteiger partial charge in [0.25, 0.3) is 0 Å². The molecule has 0 rings (SSSR count). The van der Waals surface area contributed by atoms with Gasteiger partial charge in [-0.15, -0.1) is 0 Å². The van der Waals surface area contributed by atoms with E-state index in [0.29, 0.717) is 13.2 Å². The van der Waals surface area contributed by atoms with Crippen LogP contribution in [0.25, 0.3) is 0 Å². The Kier molecular flexibility index (Phi) is 8.27. The van der Waals surface area contributed by atoms with E-state index >= 15 is 0 Å². The Balaban J connectivity index is 4.03. The Morgan fingerprint density at radius 3 is 2.37 bits per heavy atom. The van der Waals surface area contributed by atoms with E-state index in [9.17, 15) is 14.4 Å². The zero-order chi connectivity index (χ0) is 14.8. The Morgan fingerprint density at radius 1 is 1.21 bits per heavy atom. The molecular weight excluding hydrogens is 254 g/mol. The summed E-state index contributed by atoms with van der Waals surface area (Å²) in [6.45, 7) is 0.803. The third kappa shape index (κ3) is 7.98. The van der Waals surface area contributed by atoms with E-state index in [4.69, 9.17) is 9.84 Å². The monoisotopic (exact) mass is 275 g/mol. The highest BCUT2D eigenvalue weighted by atomic mass is 16.5. The minimum atomic E-state index is -0.973. The molecule has 8 heteroatoms. The molecule has 0 saturated carbocycles. The zero-order valence-corrected chi connectivity index (χ0v) is 11.5. The van der Waals surface area contributed by atoms with Gasteiger partial charge in [-0.05, 0) is 0 Å². The van der Waals surface area contributed by atoms with Gasteiger partial charge in [-0.2, -0.15) is 0 Å². The Morgan fingerprint density at radius 2 is 1.84 bits per heavy atom. The van der Waals surface area contributed by atoms with Crippen molar-refractivity contribution in [1.29, 1.82) is 0 Å². The number of likely N-dealkylation sites (N-methyl/N-ethyl adjacent to an activating group) is 1. The molecule has 0 aliphatic carbocycles. The lowest BCUT2D eigenvalue weighted by molar-refractivity contribution is -0.137. The molecule has 0 aliphatic rings. The van der Waals surface area contributed by atoms with Crippen molar-refractivity contribution in [1.82, 2.24) is 15.1 Å². The van der Waals surface area contributed by atoms with E-state index < -0.39 is 12.0 Å². The average molecular weight is 275 g/mol. The highest BCUT2D eigenvalue weighted by Crippen LogP contribution is 1.95. The van der Waals surface area contributed by atoms with Gasteiger partial charge in [0.1, 0.15) is 6.54 Å². The number of carboxylic acids is 1. The van der Waals surface area contributed by atoms with E-state index in [-0.39, 0.29) is 25.4 Å². The van der Waals surface area contributed by atoms with E-state index in [2.05, 4.69) is 5.32 Å². The van der Waals surface area contributed by atoms with Crippen LogP contribution in [0, 0.1) is 0 Å². The van der Waals surface area contributed by atoms with Crippen molar-refractivity contribution in [3.63, 3.8) is 0 Å². The molecule has 3 amide bonds. The third-order valence-corrected chi connectivity index (χ3v) is 2.32. The highest BCUT2D eigenvalue weighted by molar-refractivity contribution is 5.83. The predicted molar refractivity (Wildman–Crippen MR) is 67.8 cm³/mol. The second-order valence-corrected chi connectivity index (χ2v) is 4.05. The number of rotatable bonds is 8. The van der Waals surface area contributed by atoms with Gasteiger partial charge in [0, 0.05) is 34.3 Å². The van der Waals surface area contributed by atoms with Crippen LogP contribution < -0.4 is 5.32 Å². The topological polar surface area (TPSA) is 99.2 Å². The quantitative estimate of drug-likeness (QED) is 0.565.